The summed E-state index contributed by atoms with van der Waals surface area (Å²) < 4.78 is 2.62. The maximum absolute atomic E-state index is 12.6. The Morgan fingerprint density at radius 1 is 1.48 bits per heavy atom. The number of likely N-dealkylation sites (tertiary alicyclic amines) is 1. The molecule has 1 aliphatic rings. The number of hydrogen-bond acceptors (Lipinski definition) is 2. The quantitative estimate of drug-likeness (QED) is 0.901. The third kappa shape index (κ3) is 3.15. The van der Waals surface area contributed by atoms with E-state index in [1.54, 1.807) is 15.5 Å². The number of carbonyl (C=O) groups is 2. The summed E-state index contributed by atoms with van der Waals surface area (Å²) in [6.07, 6.45) is 4.64. The fourth-order valence-corrected chi connectivity index (χ4v) is 3.69. The maximum Gasteiger partial charge on any atom is 0.311 e. The van der Waals surface area contributed by atoms with Gasteiger partial charge in [-0.3, -0.25) is 9.59 Å². The van der Waals surface area contributed by atoms with Gasteiger partial charge < -0.3 is 14.6 Å². The molecular weight excluding hydrogens is 336 g/mol. The minimum atomic E-state index is -0.787. The van der Waals surface area contributed by atoms with Crippen molar-refractivity contribution in [3.05, 3.63) is 22.4 Å². The Bertz CT molecular complexity index is 551. The first kappa shape index (κ1) is 16.1. The van der Waals surface area contributed by atoms with Gasteiger partial charge in [-0.25, -0.2) is 0 Å². The molecule has 0 aromatic carbocycles. The molecule has 0 bridgehead atoms. The topological polar surface area (TPSA) is 62.5 Å². The van der Waals surface area contributed by atoms with Crippen molar-refractivity contribution in [2.45, 2.75) is 32.6 Å². The largest absolute Gasteiger partial charge is 0.481 e. The Morgan fingerprint density at radius 2 is 2.19 bits per heavy atom. The molecule has 1 fully saturated rings. The zero-order valence-corrected chi connectivity index (χ0v) is 14.0. The summed E-state index contributed by atoms with van der Waals surface area (Å²) in [7, 11) is 1.82. The van der Waals surface area contributed by atoms with Crippen LogP contribution in [0.2, 0.25) is 0 Å². The minimum absolute atomic E-state index is 0.0929. The highest BCUT2D eigenvalue weighted by atomic mass is 79.9. The van der Waals surface area contributed by atoms with Gasteiger partial charge in [-0.1, -0.05) is 13.3 Å². The van der Waals surface area contributed by atoms with Crippen LogP contribution >= 0.6 is 15.9 Å². The molecule has 0 radical (unpaired) electrons. The van der Waals surface area contributed by atoms with Crippen LogP contribution < -0.4 is 0 Å². The molecule has 116 valence electrons. The summed E-state index contributed by atoms with van der Waals surface area (Å²) >= 11 is 3.36. The van der Waals surface area contributed by atoms with E-state index in [1.165, 1.54) is 0 Å². The predicted molar refractivity (Wildman–Crippen MR) is 83.2 cm³/mol. The van der Waals surface area contributed by atoms with Crippen molar-refractivity contribution in [1.29, 1.82) is 0 Å². The van der Waals surface area contributed by atoms with Gasteiger partial charge in [-0.05, 0) is 41.3 Å². The van der Waals surface area contributed by atoms with E-state index in [-0.39, 0.29) is 5.91 Å². The minimum Gasteiger partial charge on any atom is -0.481 e. The van der Waals surface area contributed by atoms with Gasteiger partial charge >= 0.3 is 5.97 Å². The molecule has 1 atom stereocenters. The summed E-state index contributed by atoms with van der Waals surface area (Å²) in [6.45, 7) is 2.91. The summed E-state index contributed by atoms with van der Waals surface area (Å²) in [5, 5.41) is 9.60. The molecule has 2 rings (SSSR count). The van der Waals surface area contributed by atoms with Gasteiger partial charge in [0.05, 0.1) is 5.41 Å². The molecule has 6 heteroatoms. The van der Waals surface area contributed by atoms with E-state index >= 15 is 0 Å². The number of hydrogen-bond donors (Lipinski definition) is 1. The molecular formula is C15H21BrN2O3. The Hall–Kier alpha value is -1.30. The van der Waals surface area contributed by atoms with Gasteiger partial charge in [-0.2, -0.15) is 0 Å². The first-order chi connectivity index (χ1) is 9.89. The molecule has 1 aromatic rings. The zero-order valence-electron chi connectivity index (χ0n) is 12.4. The number of piperidine rings is 1. The van der Waals surface area contributed by atoms with Gasteiger partial charge in [0.25, 0.3) is 5.91 Å². The molecule has 5 nitrogen and oxygen atoms in total. The Balaban J connectivity index is 2.22. The molecule has 1 N–H and O–H groups in total. The van der Waals surface area contributed by atoms with Crippen LogP contribution in [0.1, 0.15) is 43.1 Å². The number of aliphatic carboxylic acids is 1. The molecule has 1 aliphatic heterocycles. The molecule has 2 heterocycles. The number of nitrogens with zero attached hydrogens (tertiary/aromatic N) is 2. The highest BCUT2D eigenvalue weighted by molar-refractivity contribution is 9.10. The SMILES string of the molecule is CCCC1(C(=O)O)CCCN(C(=O)c2cc(Br)cn2C)C1. The maximum atomic E-state index is 12.6. The summed E-state index contributed by atoms with van der Waals surface area (Å²) in [5.41, 5.74) is -0.204. The number of amides is 1. The second-order valence-electron chi connectivity index (χ2n) is 5.82. The van der Waals surface area contributed by atoms with Crippen LogP contribution in [0.5, 0.6) is 0 Å². The summed E-state index contributed by atoms with van der Waals surface area (Å²) in [6, 6.07) is 1.78. The first-order valence-corrected chi connectivity index (χ1v) is 8.03. The lowest BCUT2D eigenvalue weighted by Gasteiger charge is -2.39. The van der Waals surface area contributed by atoms with Crippen LogP contribution in [0, 0.1) is 5.41 Å². The van der Waals surface area contributed by atoms with E-state index < -0.39 is 11.4 Å². The van der Waals surface area contributed by atoms with E-state index in [4.69, 9.17) is 0 Å². The van der Waals surface area contributed by atoms with Gasteiger partial charge in [0.1, 0.15) is 5.69 Å². The molecule has 0 aliphatic carbocycles. The molecule has 1 amide bonds. The highest BCUT2D eigenvalue weighted by Gasteiger charge is 2.43. The van der Waals surface area contributed by atoms with Crippen molar-refractivity contribution in [2.75, 3.05) is 13.1 Å². The third-order valence-electron chi connectivity index (χ3n) is 4.24. The fourth-order valence-electron chi connectivity index (χ4n) is 3.17. The lowest BCUT2D eigenvalue weighted by atomic mass is 9.76. The second kappa shape index (κ2) is 6.22. The normalized spacial score (nSPS) is 22.3. The van der Waals surface area contributed by atoms with Crippen molar-refractivity contribution >= 4 is 27.8 Å². The van der Waals surface area contributed by atoms with E-state index in [1.807, 2.05) is 20.2 Å². The van der Waals surface area contributed by atoms with Crippen molar-refractivity contribution in [2.24, 2.45) is 12.5 Å². The Labute approximate surface area is 133 Å². The lowest BCUT2D eigenvalue weighted by molar-refractivity contribution is -0.152. The average molecular weight is 357 g/mol. The average Bonchev–Trinajstić information content (AvgIpc) is 2.77. The standard InChI is InChI=1S/C15H21BrN2O3/c1-3-5-15(14(20)21)6-4-7-18(10-15)13(19)12-8-11(16)9-17(12)2/h8-9H,3-7,10H2,1-2H3,(H,20,21). The van der Waals surface area contributed by atoms with Crippen molar-refractivity contribution in [1.82, 2.24) is 9.47 Å². The third-order valence-corrected chi connectivity index (χ3v) is 4.67. The number of aryl methyl sites for hydroxylation is 1. The van der Waals surface area contributed by atoms with E-state index in [2.05, 4.69) is 15.9 Å². The molecule has 1 aromatic heterocycles. The number of carbonyl (C=O) groups excluding carboxylic acids is 1. The van der Waals surface area contributed by atoms with E-state index in [0.29, 0.717) is 31.6 Å². The number of rotatable bonds is 4. The monoisotopic (exact) mass is 356 g/mol. The predicted octanol–water partition coefficient (Wildman–Crippen LogP) is 2.89. The van der Waals surface area contributed by atoms with E-state index in [9.17, 15) is 14.7 Å². The Morgan fingerprint density at radius 3 is 2.71 bits per heavy atom. The molecule has 1 saturated heterocycles. The van der Waals surface area contributed by atoms with Crippen molar-refractivity contribution in [3.8, 4) is 0 Å². The lowest BCUT2D eigenvalue weighted by Crippen LogP contribution is -2.50. The van der Waals surface area contributed by atoms with Crippen molar-refractivity contribution < 1.29 is 14.7 Å². The fraction of sp³-hybridized carbons (Fsp3) is 0.600. The van der Waals surface area contributed by atoms with Crippen LogP contribution in [0.15, 0.2) is 16.7 Å². The van der Waals surface area contributed by atoms with Crippen molar-refractivity contribution in [3.63, 3.8) is 0 Å². The zero-order chi connectivity index (χ0) is 15.6. The van der Waals surface area contributed by atoms with E-state index in [0.717, 1.165) is 17.3 Å². The second-order valence-corrected chi connectivity index (χ2v) is 6.74. The van der Waals surface area contributed by atoms with Crippen LogP contribution in [-0.4, -0.2) is 39.5 Å². The van der Waals surface area contributed by atoms with Crippen LogP contribution in [0.3, 0.4) is 0 Å². The molecule has 21 heavy (non-hydrogen) atoms. The van der Waals surface area contributed by atoms with Crippen LogP contribution in [0.4, 0.5) is 0 Å². The first-order valence-electron chi connectivity index (χ1n) is 7.24. The van der Waals surface area contributed by atoms with Crippen LogP contribution in [0.25, 0.3) is 0 Å². The number of carboxylic acid groups (broad SMARTS) is 1. The Kier molecular flexibility index (Phi) is 4.76. The molecule has 0 spiro atoms. The molecule has 1 unspecified atom stereocenters. The highest BCUT2D eigenvalue weighted by Crippen LogP contribution is 2.35. The number of aromatic nitrogens is 1. The summed E-state index contributed by atoms with van der Waals surface area (Å²) in [4.78, 5) is 26.0. The number of halogens is 1. The smallest absolute Gasteiger partial charge is 0.311 e. The van der Waals surface area contributed by atoms with Gasteiger partial charge in [-0.15, -0.1) is 0 Å². The number of carboxylic acids is 1. The summed E-state index contributed by atoms with van der Waals surface area (Å²) in [5.74, 6) is -0.875. The molecule has 0 saturated carbocycles. The van der Waals surface area contributed by atoms with Crippen LogP contribution in [-0.2, 0) is 11.8 Å². The van der Waals surface area contributed by atoms with Gasteiger partial charge in [0, 0.05) is 30.8 Å². The van der Waals surface area contributed by atoms with Gasteiger partial charge in [0.2, 0.25) is 0 Å². The van der Waals surface area contributed by atoms with Gasteiger partial charge in [0.15, 0.2) is 0 Å².